The molecule has 4 N–H and O–H groups in total. The Hall–Kier alpha value is -1.34. The smallest absolute Gasteiger partial charge is 0.284 e. The molecule has 0 atom stereocenters. The lowest BCUT2D eigenvalue weighted by Gasteiger charge is -2.32. The molecule has 9 nitrogen and oxygen atoms in total. The number of nitrogens with zero attached hydrogens (tertiary/aromatic N) is 2. The number of hydrogen-bond donors (Lipinski definition) is 3. The van der Waals surface area contributed by atoms with Gasteiger partial charge in [-0.05, 0) is 38.3 Å². The maximum atomic E-state index is 12.2. The normalized spacial score (nSPS) is 16.4. The fourth-order valence-electron chi connectivity index (χ4n) is 2.93. The van der Waals surface area contributed by atoms with Crippen LogP contribution in [0.25, 0.3) is 0 Å². The first-order valence-corrected chi connectivity index (χ1v) is 10.9. The summed E-state index contributed by atoms with van der Waals surface area (Å²) in [7, 11) is -3.14. The topological polar surface area (TPSA) is 130 Å². The van der Waals surface area contributed by atoms with Gasteiger partial charge in [-0.25, -0.2) is 17.7 Å². The Kier molecular flexibility index (Phi) is 10.2. The molecule has 28 heavy (non-hydrogen) atoms. The monoisotopic (exact) mass is 527 g/mol. The van der Waals surface area contributed by atoms with Gasteiger partial charge >= 0.3 is 0 Å². The fraction of sp³-hybridized carbons (Fsp3) is 0.647. The Labute approximate surface area is 183 Å². The van der Waals surface area contributed by atoms with Crippen LogP contribution in [0.4, 0.5) is 0 Å². The van der Waals surface area contributed by atoms with Crippen LogP contribution in [0, 0.1) is 0 Å². The van der Waals surface area contributed by atoms with Gasteiger partial charge in [0.1, 0.15) is 12.3 Å². The van der Waals surface area contributed by atoms with Crippen molar-refractivity contribution in [1.82, 2.24) is 14.9 Å². The Balaban J connectivity index is 0.00000392. The number of nitrogens with one attached hydrogen (secondary N) is 2. The van der Waals surface area contributed by atoms with E-state index in [2.05, 4.69) is 15.6 Å². The molecule has 1 aliphatic rings. The van der Waals surface area contributed by atoms with Crippen molar-refractivity contribution >= 4 is 45.9 Å². The lowest BCUT2D eigenvalue weighted by Crippen LogP contribution is -2.50. The van der Waals surface area contributed by atoms with Gasteiger partial charge in [-0.1, -0.05) is 6.92 Å². The number of aliphatic imine (C=N–C) groups is 1. The Morgan fingerprint density at radius 3 is 2.54 bits per heavy atom. The van der Waals surface area contributed by atoms with Gasteiger partial charge < -0.3 is 20.8 Å². The van der Waals surface area contributed by atoms with Crippen LogP contribution in [-0.4, -0.2) is 56.0 Å². The van der Waals surface area contributed by atoms with E-state index in [0.29, 0.717) is 37.8 Å². The predicted molar refractivity (Wildman–Crippen MR) is 119 cm³/mol. The van der Waals surface area contributed by atoms with Crippen LogP contribution in [-0.2, 0) is 16.6 Å². The average molecular weight is 527 g/mol. The van der Waals surface area contributed by atoms with Crippen LogP contribution in [0.1, 0.15) is 49.4 Å². The van der Waals surface area contributed by atoms with E-state index in [0.717, 1.165) is 12.8 Å². The number of amides is 1. The van der Waals surface area contributed by atoms with Gasteiger partial charge in [-0.15, -0.1) is 24.0 Å². The largest absolute Gasteiger partial charge is 0.454 e. The summed E-state index contributed by atoms with van der Waals surface area (Å²) in [5, 5.41) is 6.51. The van der Waals surface area contributed by atoms with Crippen LogP contribution in [0.5, 0.6) is 0 Å². The SMILES string of the molecule is CCCS(=O)(=O)N1CCC(NC(=NCc2ccc(C(N)=O)o2)NCC)CC1.I. The number of halogens is 1. The molecule has 0 aliphatic carbocycles. The van der Waals surface area contributed by atoms with Gasteiger partial charge in [0.15, 0.2) is 11.7 Å². The summed E-state index contributed by atoms with van der Waals surface area (Å²) in [5.74, 6) is 0.871. The zero-order valence-electron chi connectivity index (χ0n) is 16.3. The zero-order valence-corrected chi connectivity index (χ0v) is 19.5. The second-order valence-electron chi connectivity index (χ2n) is 6.46. The van der Waals surface area contributed by atoms with Crippen LogP contribution in [0.3, 0.4) is 0 Å². The third kappa shape index (κ3) is 7.24. The third-order valence-electron chi connectivity index (χ3n) is 4.29. The first kappa shape index (κ1) is 24.7. The van der Waals surface area contributed by atoms with Crippen molar-refractivity contribution in [3.05, 3.63) is 23.7 Å². The van der Waals surface area contributed by atoms with Crippen LogP contribution in [0.2, 0.25) is 0 Å². The maximum absolute atomic E-state index is 12.2. The van der Waals surface area contributed by atoms with Crippen LogP contribution < -0.4 is 16.4 Å². The van der Waals surface area contributed by atoms with Gasteiger partial charge in [0.05, 0.1) is 5.75 Å². The molecule has 0 saturated carbocycles. The van der Waals surface area contributed by atoms with Crippen molar-refractivity contribution in [2.75, 3.05) is 25.4 Å². The van der Waals surface area contributed by atoms with Crippen LogP contribution in [0.15, 0.2) is 21.5 Å². The summed E-state index contributed by atoms with van der Waals surface area (Å²) in [6.07, 6.45) is 2.07. The van der Waals surface area contributed by atoms with Gasteiger partial charge in [-0.3, -0.25) is 4.79 Å². The molecule has 1 amide bonds. The molecular formula is C17H30IN5O4S. The van der Waals surface area contributed by atoms with Crippen molar-refractivity contribution in [2.45, 2.75) is 45.7 Å². The molecule has 1 fully saturated rings. The van der Waals surface area contributed by atoms with Gasteiger partial charge in [0.2, 0.25) is 10.0 Å². The molecule has 0 spiro atoms. The molecule has 1 aromatic heterocycles. The molecule has 11 heteroatoms. The summed E-state index contributed by atoms with van der Waals surface area (Å²) >= 11 is 0. The van der Waals surface area contributed by atoms with E-state index in [1.54, 1.807) is 10.4 Å². The summed E-state index contributed by atoms with van der Waals surface area (Å²) in [5.41, 5.74) is 5.18. The van der Waals surface area contributed by atoms with E-state index in [1.165, 1.54) is 6.07 Å². The van der Waals surface area contributed by atoms with Crippen molar-refractivity contribution in [3.8, 4) is 0 Å². The lowest BCUT2D eigenvalue weighted by atomic mass is 10.1. The molecule has 2 heterocycles. The fourth-order valence-corrected chi connectivity index (χ4v) is 4.47. The number of nitrogens with two attached hydrogens (primary N) is 1. The van der Waals surface area contributed by atoms with Gasteiger partial charge in [-0.2, -0.15) is 0 Å². The average Bonchev–Trinajstić information content (AvgIpc) is 3.10. The number of carbonyl (C=O) groups excluding carboxylic acids is 1. The number of rotatable bonds is 8. The standard InChI is InChI=1S/C17H29N5O4S.HI/c1-3-11-27(24,25)22-9-7-13(8-10-22)21-17(19-4-2)20-12-14-5-6-15(26-14)16(18)23;/h5-6,13H,3-4,7-12H2,1-2H3,(H2,18,23)(H2,19,20,21);1H. The van der Waals surface area contributed by atoms with E-state index in [-0.39, 0.29) is 48.1 Å². The molecule has 160 valence electrons. The molecule has 1 aromatic rings. The minimum Gasteiger partial charge on any atom is -0.454 e. The zero-order chi connectivity index (χ0) is 19.9. The number of furan rings is 1. The third-order valence-corrected chi connectivity index (χ3v) is 6.37. The highest BCUT2D eigenvalue weighted by molar-refractivity contribution is 14.0. The molecule has 2 rings (SSSR count). The number of carbonyl (C=O) groups is 1. The predicted octanol–water partition coefficient (Wildman–Crippen LogP) is 1.26. The van der Waals surface area contributed by atoms with E-state index in [4.69, 9.17) is 10.2 Å². The van der Waals surface area contributed by atoms with E-state index in [9.17, 15) is 13.2 Å². The molecule has 1 aliphatic heterocycles. The van der Waals surface area contributed by atoms with Crippen molar-refractivity contribution < 1.29 is 17.6 Å². The lowest BCUT2D eigenvalue weighted by molar-refractivity contribution is 0.0972. The Morgan fingerprint density at radius 2 is 2.00 bits per heavy atom. The number of sulfonamides is 1. The van der Waals surface area contributed by atoms with Crippen molar-refractivity contribution in [3.63, 3.8) is 0 Å². The summed E-state index contributed by atoms with van der Waals surface area (Å²) in [6.45, 7) is 5.83. The summed E-state index contributed by atoms with van der Waals surface area (Å²) in [6, 6.07) is 3.35. The van der Waals surface area contributed by atoms with Crippen molar-refractivity contribution in [1.29, 1.82) is 0 Å². The second kappa shape index (κ2) is 11.6. The Bertz CT molecular complexity index is 757. The molecule has 0 bridgehead atoms. The van der Waals surface area contributed by atoms with Gasteiger partial charge in [0, 0.05) is 25.7 Å². The molecule has 0 aromatic carbocycles. The highest BCUT2D eigenvalue weighted by Gasteiger charge is 2.27. The van der Waals surface area contributed by atoms with Gasteiger partial charge in [0.25, 0.3) is 5.91 Å². The number of guanidine groups is 1. The maximum Gasteiger partial charge on any atom is 0.284 e. The highest BCUT2D eigenvalue weighted by Crippen LogP contribution is 2.15. The summed E-state index contributed by atoms with van der Waals surface area (Å²) < 4.78 is 31.2. The molecule has 0 unspecified atom stereocenters. The minimum atomic E-state index is -3.14. The second-order valence-corrected chi connectivity index (χ2v) is 8.55. The Morgan fingerprint density at radius 1 is 1.32 bits per heavy atom. The van der Waals surface area contributed by atoms with Crippen LogP contribution >= 0.6 is 24.0 Å². The van der Waals surface area contributed by atoms with E-state index < -0.39 is 15.9 Å². The summed E-state index contributed by atoms with van der Waals surface area (Å²) in [4.78, 5) is 15.5. The first-order valence-electron chi connectivity index (χ1n) is 9.27. The molecule has 0 radical (unpaired) electrons. The first-order chi connectivity index (χ1) is 12.9. The van der Waals surface area contributed by atoms with Crippen molar-refractivity contribution in [2.24, 2.45) is 10.7 Å². The van der Waals surface area contributed by atoms with E-state index >= 15 is 0 Å². The highest BCUT2D eigenvalue weighted by atomic mass is 127. The van der Waals surface area contributed by atoms with E-state index in [1.807, 2.05) is 13.8 Å². The molecule has 1 saturated heterocycles. The number of hydrogen-bond acceptors (Lipinski definition) is 5. The molecular weight excluding hydrogens is 497 g/mol. The quantitative estimate of drug-likeness (QED) is 0.265. The number of piperidine rings is 1. The minimum absolute atomic E-state index is 0. The number of primary amides is 1.